The Morgan fingerprint density at radius 2 is 1.49 bits per heavy atom. The second-order valence-electron chi connectivity index (χ2n) is 13.3. The standard InChI is InChI=1S/C29H48O16/c1-10-26(42-11(2)30)23(37)25(39)28(41-10)40-9-20-21(35)22(36)24(38)29(45-20)44-19-8-14-16(33)6-13(31)7-18(14)43-27(19)12-3-4-15(32)17(34)5-12/h10,12-29,31-39H,3-9H2,1-2H3/p+1. The summed E-state index contributed by atoms with van der Waals surface area (Å²) in [7, 11) is 0. The second-order valence-corrected chi connectivity index (χ2v) is 13.3. The molecule has 19 atom stereocenters. The highest BCUT2D eigenvalue weighted by molar-refractivity contribution is 5.66. The van der Waals surface area contributed by atoms with Crippen molar-refractivity contribution >= 4 is 5.97 Å². The number of aliphatic hydroxyl groups is 11. The van der Waals surface area contributed by atoms with Crippen LogP contribution in [0.25, 0.3) is 0 Å². The van der Waals surface area contributed by atoms with E-state index < -0.39 is 111 Å². The molecule has 2 saturated carbocycles. The molecular weight excluding hydrogens is 604 g/mol. The second kappa shape index (κ2) is 14.6. The van der Waals surface area contributed by atoms with Crippen molar-refractivity contribution in [3.05, 3.63) is 0 Å². The van der Waals surface area contributed by atoms with Crippen LogP contribution in [0.15, 0.2) is 0 Å². The van der Waals surface area contributed by atoms with Crippen molar-refractivity contribution in [3.63, 3.8) is 0 Å². The quantitative estimate of drug-likeness (QED) is 0.0935. The molecule has 16 nitrogen and oxygen atoms in total. The number of hydrogen-bond donors (Lipinski definition) is 9. The van der Waals surface area contributed by atoms with Gasteiger partial charge in [-0.25, -0.2) is 0 Å². The number of carbonyl (C=O) groups is 1. The minimum atomic E-state index is -1.72. The number of hydrogen-bond acceptors (Lipinski definition) is 15. The van der Waals surface area contributed by atoms with E-state index in [-0.39, 0.29) is 37.2 Å². The molecule has 10 N–H and O–H groups in total. The number of esters is 1. The van der Waals surface area contributed by atoms with Crippen LogP contribution in [-0.2, 0) is 28.5 Å². The maximum absolute atomic E-state index is 11.4. The number of aliphatic hydroxyl groups excluding tert-OH is 9. The van der Waals surface area contributed by atoms with Crippen molar-refractivity contribution in [2.24, 2.45) is 11.8 Å². The van der Waals surface area contributed by atoms with Gasteiger partial charge in [0.2, 0.25) is 0 Å². The van der Waals surface area contributed by atoms with E-state index in [9.17, 15) is 50.8 Å². The zero-order valence-corrected chi connectivity index (χ0v) is 25.3. The fraction of sp³-hybridized carbons (Fsp3) is 0.966. The van der Waals surface area contributed by atoms with Crippen LogP contribution in [0.3, 0.4) is 0 Å². The Morgan fingerprint density at radius 1 is 0.778 bits per heavy atom. The molecule has 3 aliphatic heterocycles. The van der Waals surface area contributed by atoms with E-state index in [1.807, 2.05) is 0 Å². The van der Waals surface area contributed by atoms with Crippen molar-refractivity contribution in [1.29, 1.82) is 0 Å². The van der Waals surface area contributed by atoms with Crippen LogP contribution in [0.1, 0.15) is 52.4 Å². The summed E-state index contributed by atoms with van der Waals surface area (Å²) in [6.07, 6.45) is -17.4. The minimum Gasteiger partial charge on any atom is -0.457 e. The summed E-state index contributed by atoms with van der Waals surface area (Å²) in [5.74, 6) is -1.23. The molecule has 5 rings (SSSR count). The Kier molecular flexibility index (Phi) is 11.4. The number of carbonyl (C=O) groups excluding carboxylic acids is 1. The first-order valence-corrected chi connectivity index (χ1v) is 15.8. The molecule has 0 radical (unpaired) electrons. The Bertz CT molecular complexity index is 988. The Balaban J connectivity index is 1.27. The average molecular weight is 654 g/mol. The van der Waals surface area contributed by atoms with Crippen molar-refractivity contribution in [2.45, 2.75) is 157 Å². The lowest BCUT2D eigenvalue weighted by atomic mass is 9.72. The van der Waals surface area contributed by atoms with Gasteiger partial charge in [-0.05, 0) is 32.6 Å². The number of rotatable bonds is 7. The van der Waals surface area contributed by atoms with Crippen LogP contribution < -0.4 is 0 Å². The van der Waals surface area contributed by atoms with E-state index >= 15 is 0 Å². The topological polar surface area (TPSA) is 258 Å². The van der Waals surface area contributed by atoms with Crippen LogP contribution in [-0.4, -0.2) is 167 Å². The lowest BCUT2D eigenvalue weighted by Gasteiger charge is -2.48. The molecule has 5 fully saturated rings. The first kappa shape index (κ1) is 35.2. The molecule has 0 aromatic rings. The van der Waals surface area contributed by atoms with Crippen LogP contribution in [0.4, 0.5) is 0 Å². The lowest BCUT2D eigenvalue weighted by Crippen LogP contribution is -2.63. The van der Waals surface area contributed by atoms with E-state index in [1.54, 1.807) is 0 Å². The molecule has 3 saturated heterocycles. The number of ether oxygens (including phenoxy) is 6. The van der Waals surface area contributed by atoms with Gasteiger partial charge in [-0.3, -0.25) is 4.79 Å². The van der Waals surface area contributed by atoms with Gasteiger partial charge in [0.15, 0.2) is 30.9 Å². The van der Waals surface area contributed by atoms with Crippen LogP contribution >= 0.6 is 0 Å². The predicted molar refractivity (Wildman–Crippen MR) is 148 cm³/mol. The summed E-state index contributed by atoms with van der Waals surface area (Å²) >= 11 is 0. The van der Waals surface area contributed by atoms with Crippen LogP contribution in [0.2, 0.25) is 0 Å². The molecule has 0 aromatic carbocycles. The van der Waals surface area contributed by atoms with Gasteiger partial charge in [0.05, 0.1) is 43.0 Å². The van der Waals surface area contributed by atoms with Gasteiger partial charge in [0.1, 0.15) is 42.7 Å². The fourth-order valence-corrected chi connectivity index (χ4v) is 7.53. The normalized spacial score (nSPS) is 52.6. The molecule has 0 amide bonds. The maximum atomic E-state index is 11.4. The fourth-order valence-electron chi connectivity index (χ4n) is 7.53. The summed E-state index contributed by atoms with van der Waals surface area (Å²) in [5, 5.41) is 94.8. The summed E-state index contributed by atoms with van der Waals surface area (Å²) in [4.78, 5) is 11.4. The average Bonchev–Trinajstić information content (AvgIpc) is 2.98. The molecule has 2 aliphatic carbocycles. The SMILES string of the molecule is CC(=O)OC1C(C)OC(OCC2OC(OC3CC4C(O)CC(O)CC4[OH+]C3C3CCC(O)C(O)C3)C(O)C(O)C2O)C(O)C1O. The molecular formula is C29H49O16+. The van der Waals surface area contributed by atoms with E-state index in [2.05, 4.69) is 0 Å². The summed E-state index contributed by atoms with van der Waals surface area (Å²) in [6, 6.07) is 0. The van der Waals surface area contributed by atoms with E-state index in [0.29, 0.717) is 19.3 Å². The third-order valence-electron chi connectivity index (χ3n) is 10.1. The predicted octanol–water partition coefficient (Wildman–Crippen LogP) is -4.08. The van der Waals surface area contributed by atoms with Gasteiger partial charge >= 0.3 is 5.97 Å². The number of fused-ring (bicyclic) bond motifs is 1. The smallest absolute Gasteiger partial charge is 0.303 e. The van der Waals surface area contributed by atoms with Crippen molar-refractivity contribution in [2.75, 3.05) is 6.61 Å². The summed E-state index contributed by atoms with van der Waals surface area (Å²) in [5.41, 5.74) is 0. The molecule has 260 valence electrons. The third-order valence-corrected chi connectivity index (χ3v) is 10.1. The van der Waals surface area contributed by atoms with Crippen LogP contribution in [0.5, 0.6) is 0 Å². The molecule has 5 aliphatic rings. The minimum absolute atomic E-state index is 0.180. The van der Waals surface area contributed by atoms with E-state index in [0.717, 1.165) is 6.92 Å². The van der Waals surface area contributed by atoms with Gasteiger partial charge in [-0.15, -0.1) is 0 Å². The van der Waals surface area contributed by atoms with Gasteiger partial charge < -0.3 is 74.4 Å². The van der Waals surface area contributed by atoms with Gasteiger partial charge in [-0.1, -0.05) is 0 Å². The van der Waals surface area contributed by atoms with E-state index in [4.69, 9.17) is 28.4 Å². The molecule has 16 heteroatoms. The van der Waals surface area contributed by atoms with Gasteiger partial charge in [0.25, 0.3) is 0 Å². The zero-order chi connectivity index (χ0) is 32.7. The lowest BCUT2D eigenvalue weighted by molar-refractivity contribution is -0.362. The largest absolute Gasteiger partial charge is 0.457 e. The Hall–Kier alpha value is -1.09. The van der Waals surface area contributed by atoms with Crippen molar-refractivity contribution < 1.29 is 79.2 Å². The molecule has 45 heavy (non-hydrogen) atoms. The highest BCUT2D eigenvalue weighted by atomic mass is 16.7. The molecule has 3 heterocycles. The first-order valence-electron chi connectivity index (χ1n) is 15.8. The molecule has 0 aromatic heterocycles. The molecule has 0 spiro atoms. The van der Waals surface area contributed by atoms with Gasteiger partial charge in [-0.2, -0.15) is 0 Å². The highest BCUT2D eigenvalue weighted by Gasteiger charge is 2.55. The summed E-state index contributed by atoms with van der Waals surface area (Å²) < 4.78 is 33.3. The van der Waals surface area contributed by atoms with Gasteiger partial charge in [0, 0.05) is 25.7 Å². The molecule has 0 bridgehead atoms. The zero-order valence-electron chi connectivity index (χ0n) is 25.3. The first-order chi connectivity index (χ1) is 21.2. The van der Waals surface area contributed by atoms with Crippen molar-refractivity contribution in [3.8, 4) is 0 Å². The van der Waals surface area contributed by atoms with E-state index in [1.165, 1.54) is 6.92 Å². The highest BCUT2D eigenvalue weighted by Crippen LogP contribution is 2.42. The van der Waals surface area contributed by atoms with Crippen molar-refractivity contribution in [1.82, 2.24) is 0 Å². The maximum Gasteiger partial charge on any atom is 0.303 e. The Labute approximate surface area is 260 Å². The summed E-state index contributed by atoms with van der Waals surface area (Å²) in [6.45, 7) is 2.21. The van der Waals surface area contributed by atoms with Crippen LogP contribution in [0, 0.1) is 11.8 Å². The monoisotopic (exact) mass is 653 g/mol. The Morgan fingerprint density at radius 3 is 2.18 bits per heavy atom. The third kappa shape index (κ3) is 7.65. The molecule has 19 unspecified atom stereocenters.